The highest BCUT2D eigenvalue weighted by molar-refractivity contribution is 6.99. The molecular formula is C30H33ClN2O3Si. The quantitative estimate of drug-likeness (QED) is 0.201. The molecule has 0 saturated heterocycles. The molecule has 0 N–H and O–H groups in total. The summed E-state index contributed by atoms with van der Waals surface area (Å²) in [6.07, 6.45) is 2.17. The van der Waals surface area contributed by atoms with Gasteiger partial charge in [-0.1, -0.05) is 99.1 Å². The molecule has 37 heavy (non-hydrogen) atoms. The molecule has 0 radical (unpaired) electrons. The van der Waals surface area contributed by atoms with Crippen LogP contribution in [0.3, 0.4) is 0 Å². The number of nitrogens with zero attached hydrogens (tertiary/aromatic N) is 2. The van der Waals surface area contributed by atoms with Gasteiger partial charge < -0.3 is 9.16 Å². The number of esters is 1. The van der Waals surface area contributed by atoms with Gasteiger partial charge in [-0.05, 0) is 40.5 Å². The Balaban J connectivity index is 1.70. The summed E-state index contributed by atoms with van der Waals surface area (Å²) in [5.74, 6) is -0.392. The normalized spacial score (nSPS) is 11.9. The molecule has 0 aliphatic heterocycles. The van der Waals surface area contributed by atoms with E-state index in [1.807, 2.05) is 30.3 Å². The van der Waals surface area contributed by atoms with Gasteiger partial charge in [0.25, 0.3) is 8.32 Å². The predicted octanol–water partition coefficient (Wildman–Crippen LogP) is 5.82. The van der Waals surface area contributed by atoms with Crippen molar-refractivity contribution in [1.29, 1.82) is 0 Å². The van der Waals surface area contributed by atoms with Crippen molar-refractivity contribution >= 4 is 36.3 Å². The van der Waals surface area contributed by atoms with Crippen molar-refractivity contribution in [2.45, 2.75) is 39.2 Å². The number of carbonyl (C=O) groups is 1. The van der Waals surface area contributed by atoms with Gasteiger partial charge in [-0.2, -0.15) is 5.10 Å². The van der Waals surface area contributed by atoms with E-state index in [4.69, 9.17) is 25.9 Å². The summed E-state index contributed by atoms with van der Waals surface area (Å²) in [7, 11) is -2.70. The van der Waals surface area contributed by atoms with Crippen molar-refractivity contribution in [3.8, 4) is 5.69 Å². The van der Waals surface area contributed by atoms with Crippen molar-refractivity contribution in [3.05, 3.63) is 107 Å². The average molecular weight is 533 g/mol. The third-order valence-electron chi connectivity index (χ3n) is 6.43. The van der Waals surface area contributed by atoms with Crippen LogP contribution in [0.15, 0.2) is 91.1 Å². The lowest BCUT2D eigenvalue weighted by molar-refractivity contribution is 0.0525. The summed E-state index contributed by atoms with van der Waals surface area (Å²) in [6, 6.07) is 28.4. The number of aromatic nitrogens is 2. The second kappa shape index (κ2) is 11.5. The van der Waals surface area contributed by atoms with Crippen molar-refractivity contribution in [2.75, 3.05) is 13.2 Å². The van der Waals surface area contributed by atoms with E-state index in [2.05, 4.69) is 69.3 Å². The molecule has 0 atom stereocenters. The molecule has 0 aliphatic carbocycles. The second-order valence-electron chi connectivity index (χ2n) is 9.90. The molecule has 0 saturated carbocycles. The van der Waals surface area contributed by atoms with E-state index < -0.39 is 14.3 Å². The van der Waals surface area contributed by atoms with Crippen LogP contribution in [0, 0.1) is 0 Å². The van der Waals surface area contributed by atoms with Gasteiger partial charge in [0.1, 0.15) is 5.56 Å². The molecule has 192 valence electrons. The number of benzene rings is 3. The van der Waals surface area contributed by atoms with Crippen LogP contribution < -0.4 is 10.4 Å². The largest absolute Gasteiger partial charge is 0.462 e. The topological polar surface area (TPSA) is 53.4 Å². The lowest BCUT2D eigenvalue weighted by Gasteiger charge is -2.43. The Kier molecular flexibility index (Phi) is 8.32. The van der Waals surface area contributed by atoms with E-state index in [0.29, 0.717) is 35.9 Å². The van der Waals surface area contributed by atoms with Gasteiger partial charge in [-0.25, -0.2) is 9.48 Å². The van der Waals surface area contributed by atoms with Gasteiger partial charge in [0.2, 0.25) is 0 Å². The number of rotatable bonds is 9. The molecule has 0 fully saturated rings. The van der Waals surface area contributed by atoms with Crippen molar-refractivity contribution in [1.82, 2.24) is 9.78 Å². The van der Waals surface area contributed by atoms with Gasteiger partial charge in [0.15, 0.2) is 0 Å². The van der Waals surface area contributed by atoms with Crippen LogP contribution in [0.2, 0.25) is 10.1 Å². The summed E-state index contributed by atoms with van der Waals surface area (Å²) in [5, 5.41) is 7.63. The second-order valence-corrected chi connectivity index (χ2v) is 14.6. The van der Waals surface area contributed by atoms with Crippen LogP contribution in [0.4, 0.5) is 0 Å². The fourth-order valence-electron chi connectivity index (χ4n) is 4.79. The molecular weight excluding hydrogens is 500 g/mol. The summed E-state index contributed by atoms with van der Waals surface area (Å²) in [6.45, 7) is 9.24. The summed E-state index contributed by atoms with van der Waals surface area (Å²) in [4.78, 5) is 12.8. The molecule has 0 amide bonds. The Morgan fingerprint density at radius 2 is 1.57 bits per heavy atom. The number of carbonyl (C=O) groups excluding carboxylic acids is 1. The number of halogens is 1. The fraction of sp³-hybridized carbons (Fsp3) is 0.267. The third kappa shape index (κ3) is 5.72. The predicted molar refractivity (Wildman–Crippen MR) is 152 cm³/mol. The monoisotopic (exact) mass is 532 g/mol. The Morgan fingerprint density at radius 3 is 2.11 bits per heavy atom. The minimum absolute atomic E-state index is 0.139. The molecule has 0 bridgehead atoms. The average Bonchev–Trinajstić information content (AvgIpc) is 3.31. The molecule has 4 aromatic rings. The van der Waals surface area contributed by atoms with Gasteiger partial charge in [0.05, 0.1) is 18.0 Å². The first-order chi connectivity index (χ1) is 17.8. The Bertz CT molecular complexity index is 1290. The lowest BCUT2D eigenvalue weighted by atomic mass is 10.2. The van der Waals surface area contributed by atoms with E-state index in [9.17, 15) is 4.79 Å². The number of ether oxygens (including phenoxy) is 1. The SMILES string of the molecule is CCOC(=O)c1cn(-c2cccc(Cl)c2)nc1CCO[Si](c1ccccc1)(c1ccccc1)C(C)(C)C. The molecule has 3 aromatic carbocycles. The Morgan fingerprint density at radius 1 is 0.946 bits per heavy atom. The first-order valence-corrected chi connectivity index (χ1v) is 14.8. The molecule has 1 aromatic heterocycles. The molecule has 1 heterocycles. The fourth-order valence-corrected chi connectivity index (χ4v) is 9.54. The zero-order valence-corrected chi connectivity index (χ0v) is 23.5. The highest BCUT2D eigenvalue weighted by Gasteiger charge is 2.50. The van der Waals surface area contributed by atoms with Gasteiger partial charge in [-0.15, -0.1) is 0 Å². The zero-order chi connectivity index (χ0) is 26.5. The molecule has 4 rings (SSSR count). The lowest BCUT2D eigenvalue weighted by Crippen LogP contribution is -2.66. The molecule has 5 nitrogen and oxygen atoms in total. The van der Waals surface area contributed by atoms with Crippen LogP contribution in [-0.4, -0.2) is 37.3 Å². The summed E-state index contributed by atoms with van der Waals surface area (Å²) >= 11 is 6.20. The highest BCUT2D eigenvalue weighted by Crippen LogP contribution is 2.36. The van der Waals surface area contributed by atoms with Gasteiger partial charge in [-0.3, -0.25) is 0 Å². The maximum absolute atomic E-state index is 12.8. The van der Waals surface area contributed by atoms with Crippen molar-refractivity contribution in [3.63, 3.8) is 0 Å². The van der Waals surface area contributed by atoms with E-state index in [-0.39, 0.29) is 5.04 Å². The Labute approximate surface area is 225 Å². The first-order valence-electron chi connectivity index (χ1n) is 12.5. The van der Waals surface area contributed by atoms with Crippen LogP contribution in [0.1, 0.15) is 43.7 Å². The molecule has 7 heteroatoms. The van der Waals surface area contributed by atoms with Crippen molar-refractivity contribution < 1.29 is 14.0 Å². The van der Waals surface area contributed by atoms with Gasteiger partial charge >= 0.3 is 5.97 Å². The van der Waals surface area contributed by atoms with Gasteiger partial charge in [0, 0.05) is 24.2 Å². The maximum atomic E-state index is 12.8. The Hall–Kier alpha value is -3.19. The molecule has 0 aliphatic rings. The van der Waals surface area contributed by atoms with E-state index >= 15 is 0 Å². The minimum Gasteiger partial charge on any atom is -0.462 e. The summed E-state index contributed by atoms with van der Waals surface area (Å²) in [5.41, 5.74) is 1.85. The maximum Gasteiger partial charge on any atom is 0.341 e. The van der Waals surface area contributed by atoms with Crippen LogP contribution in [-0.2, 0) is 15.6 Å². The van der Waals surface area contributed by atoms with E-state index in [0.717, 1.165) is 5.69 Å². The summed E-state index contributed by atoms with van der Waals surface area (Å²) < 4.78 is 14.0. The molecule has 0 spiro atoms. The third-order valence-corrected chi connectivity index (χ3v) is 11.7. The van der Waals surface area contributed by atoms with Crippen LogP contribution in [0.25, 0.3) is 5.69 Å². The van der Waals surface area contributed by atoms with Crippen LogP contribution in [0.5, 0.6) is 0 Å². The van der Waals surface area contributed by atoms with Crippen molar-refractivity contribution in [2.24, 2.45) is 0 Å². The number of hydrogen-bond donors (Lipinski definition) is 0. The number of hydrogen-bond acceptors (Lipinski definition) is 4. The van der Waals surface area contributed by atoms with E-state index in [1.165, 1.54) is 10.4 Å². The standard InChI is InChI=1S/C30H33ClN2O3Si/c1-5-35-29(34)27-22-33(24-14-12-13-23(31)21-24)32-28(27)19-20-36-37(30(2,3)4,25-15-8-6-9-16-25)26-17-10-7-11-18-26/h6-18,21-22H,5,19-20H2,1-4H3. The highest BCUT2D eigenvalue weighted by atomic mass is 35.5. The van der Waals surface area contributed by atoms with E-state index in [1.54, 1.807) is 23.9 Å². The molecule has 0 unspecified atom stereocenters. The smallest absolute Gasteiger partial charge is 0.341 e. The van der Waals surface area contributed by atoms with Crippen LogP contribution >= 0.6 is 11.6 Å². The zero-order valence-electron chi connectivity index (χ0n) is 21.8. The first kappa shape index (κ1) is 26.9. The minimum atomic E-state index is -2.70.